The zero-order valence-electron chi connectivity index (χ0n) is 18.2. The highest BCUT2D eigenvalue weighted by molar-refractivity contribution is 5.79. The molecule has 31 heavy (non-hydrogen) atoms. The van der Waals surface area contributed by atoms with Crippen molar-refractivity contribution in [2.24, 2.45) is 4.99 Å². The molecule has 0 saturated carbocycles. The molecule has 2 aromatic heterocycles. The number of hydrogen-bond acceptors (Lipinski definition) is 4. The minimum absolute atomic E-state index is 0.203. The van der Waals surface area contributed by atoms with Crippen LogP contribution in [0.1, 0.15) is 42.5 Å². The van der Waals surface area contributed by atoms with Crippen LogP contribution in [0.3, 0.4) is 0 Å². The molecule has 164 valence electrons. The van der Waals surface area contributed by atoms with Crippen LogP contribution in [0.25, 0.3) is 0 Å². The second-order valence-corrected chi connectivity index (χ2v) is 7.89. The van der Waals surface area contributed by atoms with Gasteiger partial charge in [-0.1, -0.05) is 36.8 Å². The molecule has 3 aromatic rings. The van der Waals surface area contributed by atoms with E-state index in [2.05, 4.69) is 60.4 Å². The number of piperidine rings is 1. The molecule has 1 aliphatic rings. The maximum Gasteiger partial charge on any atom is 0.191 e. The van der Waals surface area contributed by atoms with Crippen molar-refractivity contribution in [3.8, 4) is 0 Å². The van der Waals surface area contributed by atoms with Gasteiger partial charge in [0.05, 0.1) is 18.8 Å². The van der Waals surface area contributed by atoms with Gasteiger partial charge in [0.1, 0.15) is 11.6 Å². The zero-order chi connectivity index (χ0) is 21.3. The maximum atomic E-state index is 5.75. The lowest BCUT2D eigenvalue weighted by Gasteiger charge is -2.33. The van der Waals surface area contributed by atoms with E-state index in [4.69, 9.17) is 4.42 Å². The van der Waals surface area contributed by atoms with E-state index in [9.17, 15) is 0 Å². The fourth-order valence-corrected chi connectivity index (χ4v) is 4.13. The van der Waals surface area contributed by atoms with Crippen LogP contribution in [0.4, 0.5) is 0 Å². The van der Waals surface area contributed by atoms with E-state index in [1.54, 1.807) is 13.3 Å². The van der Waals surface area contributed by atoms with Gasteiger partial charge in [-0.15, -0.1) is 0 Å². The molecule has 0 spiro atoms. The van der Waals surface area contributed by atoms with Gasteiger partial charge < -0.3 is 19.6 Å². The third-order valence-electron chi connectivity index (χ3n) is 5.80. The van der Waals surface area contributed by atoms with Crippen molar-refractivity contribution >= 4 is 5.96 Å². The minimum Gasteiger partial charge on any atom is -0.468 e. The van der Waals surface area contributed by atoms with Crippen molar-refractivity contribution < 1.29 is 4.42 Å². The Morgan fingerprint density at radius 2 is 1.94 bits per heavy atom. The molecular weight excluding hydrogens is 388 g/mol. The first-order valence-corrected chi connectivity index (χ1v) is 11.1. The molecule has 2 N–H and O–H groups in total. The molecular formula is C24H32N6O. The summed E-state index contributed by atoms with van der Waals surface area (Å²) in [6.45, 7) is 4.37. The third-order valence-corrected chi connectivity index (χ3v) is 5.80. The lowest BCUT2D eigenvalue weighted by Crippen LogP contribution is -2.44. The first-order valence-electron chi connectivity index (χ1n) is 11.1. The van der Waals surface area contributed by atoms with Gasteiger partial charge in [-0.25, -0.2) is 4.98 Å². The molecule has 0 amide bonds. The van der Waals surface area contributed by atoms with Crippen LogP contribution in [0.2, 0.25) is 0 Å². The molecule has 4 rings (SSSR count). The number of benzene rings is 1. The molecule has 1 aliphatic heterocycles. The van der Waals surface area contributed by atoms with Crippen molar-refractivity contribution in [1.82, 2.24) is 25.1 Å². The lowest BCUT2D eigenvalue weighted by molar-refractivity contribution is 0.146. The number of hydrogen-bond donors (Lipinski definition) is 2. The van der Waals surface area contributed by atoms with E-state index in [1.807, 2.05) is 24.5 Å². The Morgan fingerprint density at radius 1 is 1.10 bits per heavy atom. The van der Waals surface area contributed by atoms with Gasteiger partial charge in [0.2, 0.25) is 0 Å². The first kappa shape index (κ1) is 21.2. The number of imidazole rings is 1. The van der Waals surface area contributed by atoms with Crippen molar-refractivity contribution in [2.45, 2.75) is 38.4 Å². The molecule has 7 heteroatoms. The average molecular weight is 421 g/mol. The Labute approximate surface area is 184 Å². The maximum absolute atomic E-state index is 5.75. The summed E-state index contributed by atoms with van der Waals surface area (Å²) in [5.41, 5.74) is 1.26. The standard InChI is InChI=1S/C24H32N6O/c1-25-24(27-17-21(22-11-8-16-31-22)29-13-6-3-7-14-29)28-18-23-26-12-15-30(23)19-20-9-4-2-5-10-20/h2,4-5,8-12,15-16,21H,3,6-7,13-14,17-19H2,1H3,(H2,25,27,28). The second kappa shape index (κ2) is 10.8. The lowest BCUT2D eigenvalue weighted by atomic mass is 10.1. The molecule has 7 nitrogen and oxygen atoms in total. The van der Waals surface area contributed by atoms with Gasteiger partial charge in [-0.2, -0.15) is 0 Å². The summed E-state index contributed by atoms with van der Waals surface area (Å²) in [5, 5.41) is 6.89. The predicted molar refractivity (Wildman–Crippen MR) is 123 cm³/mol. The van der Waals surface area contributed by atoms with E-state index in [0.717, 1.165) is 43.7 Å². The molecule has 0 bridgehead atoms. The Balaban J connectivity index is 1.34. The number of guanidine groups is 1. The van der Waals surface area contributed by atoms with Gasteiger partial charge in [0.15, 0.2) is 5.96 Å². The average Bonchev–Trinajstić information content (AvgIpc) is 3.50. The molecule has 1 atom stereocenters. The number of nitrogens with zero attached hydrogens (tertiary/aromatic N) is 4. The van der Waals surface area contributed by atoms with Crippen LogP contribution in [0.5, 0.6) is 0 Å². The van der Waals surface area contributed by atoms with Gasteiger partial charge >= 0.3 is 0 Å². The Morgan fingerprint density at radius 3 is 2.68 bits per heavy atom. The summed E-state index contributed by atoms with van der Waals surface area (Å²) < 4.78 is 7.91. The number of furan rings is 1. The fraction of sp³-hybridized carbons (Fsp3) is 0.417. The van der Waals surface area contributed by atoms with Crippen molar-refractivity contribution in [2.75, 3.05) is 26.7 Å². The summed E-state index contributed by atoms with van der Waals surface area (Å²) in [7, 11) is 1.80. The third kappa shape index (κ3) is 5.76. The Kier molecular flexibility index (Phi) is 7.39. The Hall–Kier alpha value is -3.06. The summed E-state index contributed by atoms with van der Waals surface area (Å²) in [4.78, 5) is 11.4. The van der Waals surface area contributed by atoms with E-state index >= 15 is 0 Å². The molecule has 0 radical (unpaired) electrons. The molecule has 0 aliphatic carbocycles. The highest BCUT2D eigenvalue weighted by atomic mass is 16.3. The molecule has 1 saturated heterocycles. The van der Waals surface area contributed by atoms with Crippen LogP contribution in [0, 0.1) is 0 Å². The van der Waals surface area contributed by atoms with Crippen LogP contribution in [0.15, 0.2) is 70.5 Å². The van der Waals surface area contributed by atoms with Crippen LogP contribution in [-0.2, 0) is 13.1 Å². The summed E-state index contributed by atoms with van der Waals surface area (Å²) in [6, 6.07) is 14.7. The topological polar surface area (TPSA) is 70.6 Å². The highest BCUT2D eigenvalue weighted by Gasteiger charge is 2.24. The van der Waals surface area contributed by atoms with E-state index in [-0.39, 0.29) is 6.04 Å². The van der Waals surface area contributed by atoms with Crippen molar-refractivity contribution in [1.29, 1.82) is 0 Å². The highest BCUT2D eigenvalue weighted by Crippen LogP contribution is 2.24. The molecule has 1 fully saturated rings. The molecule has 1 aromatic carbocycles. The largest absolute Gasteiger partial charge is 0.468 e. The zero-order valence-corrected chi connectivity index (χ0v) is 18.2. The van der Waals surface area contributed by atoms with Crippen LogP contribution < -0.4 is 10.6 Å². The van der Waals surface area contributed by atoms with Crippen LogP contribution in [-0.4, -0.2) is 47.1 Å². The second-order valence-electron chi connectivity index (χ2n) is 7.89. The smallest absolute Gasteiger partial charge is 0.191 e. The van der Waals surface area contributed by atoms with E-state index in [1.165, 1.54) is 24.8 Å². The fourth-order valence-electron chi connectivity index (χ4n) is 4.13. The number of nitrogens with one attached hydrogen (secondary N) is 2. The number of likely N-dealkylation sites (tertiary alicyclic amines) is 1. The van der Waals surface area contributed by atoms with Gasteiger partial charge in [0.25, 0.3) is 0 Å². The molecule has 1 unspecified atom stereocenters. The summed E-state index contributed by atoms with van der Waals surface area (Å²) in [5.74, 6) is 2.75. The normalized spacial score (nSPS) is 16.2. The minimum atomic E-state index is 0.203. The van der Waals surface area contributed by atoms with Crippen molar-refractivity contribution in [3.63, 3.8) is 0 Å². The quantitative estimate of drug-likeness (QED) is 0.432. The predicted octanol–water partition coefficient (Wildman–Crippen LogP) is 3.42. The van der Waals surface area contributed by atoms with Crippen LogP contribution >= 0.6 is 0 Å². The summed E-state index contributed by atoms with van der Waals surface area (Å²) in [6.07, 6.45) is 9.42. The molecule has 3 heterocycles. The monoisotopic (exact) mass is 420 g/mol. The Bertz CT molecular complexity index is 928. The number of aromatic nitrogens is 2. The van der Waals surface area contributed by atoms with E-state index < -0.39 is 0 Å². The van der Waals surface area contributed by atoms with E-state index in [0.29, 0.717) is 6.54 Å². The van der Waals surface area contributed by atoms with Gasteiger partial charge in [-0.3, -0.25) is 9.89 Å². The number of rotatable bonds is 8. The van der Waals surface area contributed by atoms with Gasteiger partial charge in [-0.05, 0) is 43.6 Å². The number of aliphatic imine (C=N–C) groups is 1. The van der Waals surface area contributed by atoms with Crippen molar-refractivity contribution in [3.05, 3.63) is 78.3 Å². The first-order chi connectivity index (χ1) is 15.3. The van der Waals surface area contributed by atoms with Gasteiger partial charge in [0, 0.05) is 32.5 Å². The SMILES string of the molecule is CN=C(NCc1nccn1Cc1ccccc1)NCC(c1ccco1)N1CCCCC1. The summed E-state index contributed by atoms with van der Waals surface area (Å²) >= 11 is 0.